The van der Waals surface area contributed by atoms with Crippen LogP contribution in [0.2, 0.25) is 0 Å². The van der Waals surface area contributed by atoms with Gasteiger partial charge in [0.25, 0.3) is 0 Å². The third-order valence-corrected chi connectivity index (χ3v) is 3.75. The molecule has 0 aromatic heterocycles. The third-order valence-electron chi connectivity index (χ3n) is 2.65. The van der Waals surface area contributed by atoms with E-state index in [0.29, 0.717) is 11.1 Å². The van der Waals surface area contributed by atoms with Gasteiger partial charge in [-0.2, -0.15) is 0 Å². The molecule has 0 amide bonds. The number of hydrogen-bond acceptors (Lipinski definition) is 4. The Morgan fingerprint density at radius 2 is 2.05 bits per heavy atom. The Morgan fingerprint density at radius 1 is 1.38 bits per heavy atom. The number of carbonyl (C=O) groups is 3. The molecule has 0 radical (unpaired) electrons. The number of Topliss-reactive ketones (excluding diaryl/α,β-unsaturated/α-hetero) is 1. The van der Waals surface area contributed by atoms with Gasteiger partial charge in [0.1, 0.15) is 5.78 Å². The van der Waals surface area contributed by atoms with E-state index in [4.69, 9.17) is 9.84 Å². The zero-order chi connectivity index (χ0) is 16.0. The van der Waals surface area contributed by atoms with Gasteiger partial charge in [-0.15, -0.1) is 0 Å². The fraction of sp³-hybridized carbons (Fsp3) is 0.267. The number of benzene rings is 1. The van der Waals surface area contributed by atoms with Crippen molar-refractivity contribution in [2.24, 2.45) is 0 Å². The highest BCUT2D eigenvalue weighted by atomic mass is 79.9. The van der Waals surface area contributed by atoms with Crippen LogP contribution >= 0.6 is 15.9 Å². The summed E-state index contributed by atoms with van der Waals surface area (Å²) in [7, 11) is 0. The lowest BCUT2D eigenvalue weighted by molar-refractivity contribution is -0.131. The van der Waals surface area contributed by atoms with Crippen molar-refractivity contribution in [1.29, 1.82) is 0 Å². The van der Waals surface area contributed by atoms with E-state index in [1.54, 1.807) is 25.1 Å². The number of rotatable bonds is 6. The van der Waals surface area contributed by atoms with E-state index in [-0.39, 0.29) is 18.0 Å². The monoisotopic (exact) mass is 354 g/mol. The van der Waals surface area contributed by atoms with Gasteiger partial charge in [-0.05, 0) is 37.1 Å². The summed E-state index contributed by atoms with van der Waals surface area (Å²) in [5, 5.41) is 8.72. The third kappa shape index (κ3) is 4.53. The Balaban J connectivity index is 3.44. The number of hydrogen-bond donors (Lipinski definition) is 1. The van der Waals surface area contributed by atoms with Crippen LogP contribution in [0, 0.1) is 0 Å². The SMILES string of the molecule is CCOC(=O)c1cccc(/C=C\C(=O)O)c1C(Br)C(C)=O. The Kier molecular flexibility index (Phi) is 6.30. The zero-order valence-electron chi connectivity index (χ0n) is 11.6. The fourth-order valence-corrected chi connectivity index (χ4v) is 2.27. The number of ether oxygens (including phenoxy) is 1. The molecule has 1 aromatic carbocycles. The highest BCUT2D eigenvalue weighted by molar-refractivity contribution is 9.09. The maximum absolute atomic E-state index is 12.0. The van der Waals surface area contributed by atoms with Crippen molar-refractivity contribution in [3.8, 4) is 0 Å². The molecule has 6 heteroatoms. The Labute approximate surface area is 130 Å². The normalized spacial score (nSPS) is 12.1. The highest BCUT2D eigenvalue weighted by Gasteiger charge is 2.23. The van der Waals surface area contributed by atoms with Crippen LogP contribution in [0.5, 0.6) is 0 Å². The van der Waals surface area contributed by atoms with Crippen molar-refractivity contribution >= 4 is 39.7 Å². The zero-order valence-corrected chi connectivity index (χ0v) is 13.2. The summed E-state index contributed by atoms with van der Waals surface area (Å²) in [5.41, 5.74) is 1.11. The van der Waals surface area contributed by atoms with Crippen molar-refractivity contribution in [2.75, 3.05) is 6.61 Å². The average Bonchev–Trinajstić information content (AvgIpc) is 2.43. The molecule has 1 rings (SSSR count). The van der Waals surface area contributed by atoms with Gasteiger partial charge in [0.2, 0.25) is 0 Å². The maximum atomic E-state index is 12.0. The van der Waals surface area contributed by atoms with Crippen molar-refractivity contribution in [3.05, 3.63) is 41.0 Å². The van der Waals surface area contributed by atoms with Crippen molar-refractivity contribution < 1.29 is 24.2 Å². The molecule has 0 fully saturated rings. The lowest BCUT2D eigenvalue weighted by Crippen LogP contribution is -2.13. The molecule has 5 nitrogen and oxygen atoms in total. The number of aliphatic carboxylic acids is 1. The molecule has 0 saturated carbocycles. The molecule has 0 bridgehead atoms. The van der Waals surface area contributed by atoms with E-state index in [1.165, 1.54) is 13.0 Å². The summed E-state index contributed by atoms with van der Waals surface area (Å²) < 4.78 is 4.97. The number of halogens is 1. The predicted molar refractivity (Wildman–Crippen MR) is 81.4 cm³/mol. The summed E-state index contributed by atoms with van der Waals surface area (Å²) in [4.78, 5) is 33.6. The lowest BCUT2D eigenvalue weighted by Gasteiger charge is -2.15. The van der Waals surface area contributed by atoms with Gasteiger partial charge in [-0.25, -0.2) is 9.59 Å². The standard InChI is InChI=1S/C15H15BrO5/c1-3-21-15(20)11-6-4-5-10(7-8-12(18)19)13(11)14(16)9(2)17/h4-8,14H,3H2,1-2H3,(H,18,19)/b8-7-. The first kappa shape index (κ1) is 17.1. The van der Waals surface area contributed by atoms with E-state index in [0.717, 1.165) is 6.08 Å². The van der Waals surface area contributed by atoms with Gasteiger partial charge < -0.3 is 9.84 Å². The van der Waals surface area contributed by atoms with Crippen LogP contribution in [0.4, 0.5) is 0 Å². The molecule has 112 valence electrons. The van der Waals surface area contributed by atoms with E-state index in [1.807, 2.05) is 0 Å². The quantitative estimate of drug-likeness (QED) is 0.482. The molecule has 0 heterocycles. The van der Waals surface area contributed by atoms with Gasteiger partial charge in [0, 0.05) is 6.08 Å². The van der Waals surface area contributed by atoms with Gasteiger partial charge >= 0.3 is 11.9 Å². The maximum Gasteiger partial charge on any atom is 0.338 e. The van der Waals surface area contributed by atoms with Crippen LogP contribution in [-0.4, -0.2) is 29.4 Å². The predicted octanol–water partition coefficient (Wildman–Crippen LogP) is 2.99. The van der Waals surface area contributed by atoms with Crippen LogP contribution in [0.1, 0.15) is 40.2 Å². The van der Waals surface area contributed by atoms with Gasteiger partial charge in [0.05, 0.1) is 17.0 Å². The van der Waals surface area contributed by atoms with E-state index >= 15 is 0 Å². The summed E-state index contributed by atoms with van der Waals surface area (Å²) in [6.45, 7) is 3.27. The lowest BCUT2D eigenvalue weighted by atomic mass is 9.96. The van der Waals surface area contributed by atoms with Crippen molar-refractivity contribution in [1.82, 2.24) is 0 Å². The number of carbonyl (C=O) groups excluding carboxylic acids is 2. The summed E-state index contributed by atoms with van der Waals surface area (Å²) in [6, 6.07) is 4.79. The largest absolute Gasteiger partial charge is 0.478 e. The van der Waals surface area contributed by atoms with Gasteiger partial charge in [-0.1, -0.05) is 28.1 Å². The van der Waals surface area contributed by atoms with Crippen LogP contribution in [0.15, 0.2) is 24.3 Å². The molecular weight excluding hydrogens is 340 g/mol. The van der Waals surface area contributed by atoms with Crippen LogP contribution in [0.25, 0.3) is 6.08 Å². The van der Waals surface area contributed by atoms with Crippen molar-refractivity contribution in [3.63, 3.8) is 0 Å². The van der Waals surface area contributed by atoms with Gasteiger partial charge in [0.15, 0.2) is 0 Å². The average molecular weight is 355 g/mol. The minimum Gasteiger partial charge on any atom is -0.478 e. The second-order valence-corrected chi connectivity index (χ2v) is 5.09. The number of esters is 1. The topological polar surface area (TPSA) is 80.7 Å². The minimum atomic E-state index is -1.11. The number of carboxylic acids is 1. The number of alkyl halides is 1. The van der Waals surface area contributed by atoms with E-state index in [2.05, 4.69) is 15.9 Å². The first-order valence-corrected chi connectivity index (χ1v) is 7.15. The molecule has 21 heavy (non-hydrogen) atoms. The molecule has 0 spiro atoms. The molecule has 1 aromatic rings. The van der Waals surface area contributed by atoms with E-state index < -0.39 is 16.8 Å². The first-order valence-electron chi connectivity index (χ1n) is 6.24. The van der Waals surface area contributed by atoms with Crippen LogP contribution < -0.4 is 0 Å². The molecular formula is C15H15BrO5. The number of carboxylic acid groups (broad SMARTS) is 1. The smallest absolute Gasteiger partial charge is 0.338 e. The molecule has 1 atom stereocenters. The van der Waals surface area contributed by atoms with Crippen LogP contribution in [0.3, 0.4) is 0 Å². The first-order chi connectivity index (χ1) is 9.88. The van der Waals surface area contributed by atoms with Crippen LogP contribution in [-0.2, 0) is 14.3 Å². The molecule has 0 saturated heterocycles. The van der Waals surface area contributed by atoms with E-state index in [9.17, 15) is 14.4 Å². The summed E-state index contributed by atoms with van der Waals surface area (Å²) in [5.74, 6) is -1.86. The van der Waals surface area contributed by atoms with Gasteiger partial charge in [-0.3, -0.25) is 4.79 Å². The molecule has 1 N–H and O–H groups in total. The molecule has 0 aliphatic rings. The highest BCUT2D eigenvalue weighted by Crippen LogP contribution is 2.31. The minimum absolute atomic E-state index is 0.197. The molecule has 0 aliphatic heterocycles. The molecule has 0 aliphatic carbocycles. The second-order valence-electron chi connectivity index (χ2n) is 4.17. The molecule has 1 unspecified atom stereocenters. The number of ketones is 1. The fourth-order valence-electron chi connectivity index (χ4n) is 1.76. The van der Waals surface area contributed by atoms with Crippen molar-refractivity contribution in [2.45, 2.75) is 18.7 Å². The second kappa shape index (κ2) is 7.73. The summed E-state index contributed by atoms with van der Waals surface area (Å²) in [6.07, 6.45) is 2.30. The Hall–Kier alpha value is -1.95. The summed E-state index contributed by atoms with van der Waals surface area (Å²) >= 11 is 3.24. The Bertz CT molecular complexity index is 592. The Morgan fingerprint density at radius 3 is 2.57 bits per heavy atom.